The van der Waals surface area contributed by atoms with Gasteiger partial charge in [0.2, 0.25) is 0 Å². The molecule has 1 aromatic heterocycles. The first-order chi connectivity index (χ1) is 11.8. The molecule has 0 radical (unpaired) electrons. The van der Waals surface area contributed by atoms with Gasteiger partial charge in [-0.25, -0.2) is 4.68 Å². The molecule has 120 valence electrons. The molecule has 0 saturated heterocycles. The summed E-state index contributed by atoms with van der Waals surface area (Å²) in [5.41, 5.74) is 4.22. The van der Waals surface area contributed by atoms with E-state index in [0.717, 1.165) is 24.9 Å². The SMILES string of the molecule is O=C(N[C@@H]1CCCc2ccccc21)c1ccc(-n2cccn2)cc1. The van der Waals surface area contributed by atoms with Gasteiger partial charge in [0.1, 0.15) is 0 Å². The number of amides is 1. The van der Waals surface area contributed by atoms with Crippen LogP contribution in [0.5, 0.6) is 0 Å². The summed E-state index contributed by atoms with van der Waals surface area (Å²) in [7, 11) is 0. The highest BCUT2D eigenvalue weighted by atomic mass is 16.1. The van der Waals surface area contributed by atoms with Crippen molar-refractivity contribution >= 4 is 5.91 Å². The highest BCUT2D eigenvalue weighted by Gasteiger charge is 2.21. The minimum Gasteiger partial charge on any atom is -0.345 e. The number of benzene rings is 2. The molecule has 0 unspecified atom stereocenters. The van der Waals surface area contributed by atoms with Gasteiger partial charge in [0.05, 0.1) is 11.7 Å². The van der Waals surface area contributed by atoms with Gasteiger partial charge in [0.15, 0.2) is 0 Å². The maximum atomic E-state index is 12.6. The van der Waals surface area contributed by atoms with Gasteiger partial charge in [-0.15, -0.1) is 0 Å². The Morgan fingerprint density at radius 3 is 2.71 bits per heavy atom. The second-order valence-corrected chi connectivity index (χ2v) is 6.11. The van der Waals surface area contributed by atoms with Crippen molar-refractivity contribution in [2.75, 3.05) is 0 Å². The molecule has 0 bridgehead atoms. The number of carbonyl (C=O) groups excluding carboxylic acids is 1. The van der Waals surface area contributed by atoms with E-state index in [9.17, 15) is 4.79 Å². The van der Waals surface area contributed by atoms with Gasteiger partial charge < -0.3 is 5.32 Å². The summed E-state index contributed by atoms with van der Waals surface area (Å²) in [4.78, 5) is 12.6. The number of carbonyl (C=O) groups is 1. The van der Waals surface area contributed by atoms with Gasteiger partial charge in [-0.3, -0.25) is 4.79 Å². The lowest BCUT2D eigenvalue weighted by Crippen LogP contribution is -2.30. The van der Waals surface area contributed by atoms with Gasteiger partial charge >= 0.3 is 0 Å². The van der Waals surface area contributed by atoms with E-state index in [0.29, 0.717) is 5.56 Å². The van der Waals surface area contributed by atoms with Crippen molar-refractivity contribution in [1.82, 2.24) is 15.1 Å². The summed E-state index contributed by atoms with van der Waals surface area (Å²) in [6.07, 6.45) is 6.82. The smallest absolute Gasteiger partial charge is 0.251 e. The Morgan fingerprint density at radius 1 is 1.08 bits per heavy atom. The third kappa shape index (κ3) is 2.83. The molecule has 1 heterocycles. The molecule has 4 rings (SSSR count). The van der Waals surface area contributed by atoms with E-state index in [4.69, 9.17) is 0 Å². The molecule has 1 aliphatic rings. The molecule has 0 saturated carbocycles. The quantitative estimate of drug-likeness (QED) is 0.801. The fourth-order valence-electron chi connectivity index (χ4n) is 3.33. The zero-order chi connectivity index (χ0) is 16.4. The molecule has 3 aromatic rings. The minimum absolute atomic E-state index is 0.0243. The summed E-state index contributed by atoms with van der Waals surface area (Å²) in [5, 5.41) is 7.38. The Kier molecular flexibility index (Phi) is 3.87. The Balaban J connectivity index is 1.51. The summed E-state index contributed by atoms with van der Waals surface area (Å²) in [6.45, 7) is 0. The van der Waals surface area contributed by atoms with Crippen LogP contribution >= 0.6 is 0 Å². The average molecular weight is 317 g/mol. The Hall–Kier alpha value is -2.88. The Bertz CT molecular complexity index is 838. The van der Waals surface area contributed by atoms with Crippen molar-refractivity contribution in [2.45, 2.75) is 25.3 Å². The van der Waals surface area contributed by atoms with Gasteiger partial charge in [0, 0.05) is 18.0 Å². The van der Waals surface area contributed by atoms with E-state index < -0.39 is 0 Å². The van der Waals surface area contributed by atoms with Gasteiger partial charge in [-0.2, -0.15) is 5.10 Å². The van der Waals surface area contributed by atoms with Crippen LogP contribution in [0.25, 0.3) is 5.69 Å². The van der Waals surface area contributed by atoms with Crippen molar-refractivity contribution < 1.29 is 4.79 Å². The average Bonchev–Trinajstić information content (AvgIpc) is 3.17. The first kappa shape index (κ1) is 14.7. The second-order valence-electron chi connectivity index (χ2n) is 6.11. The van der Waals surface area contributed by atoms with Crippen LogP contribution < -0.4 is 5.32 Å². The minimum atomic E-state index is -0.0243. The van der Waals surface area contributed by atoms with Gasteiger partial charge in [-0.05, 0) is 60.7 Å². The van der Waals surface area contributed by atoms with Crippen LogP contribution in [0.1, 0.15) is 40.4 Å². The van der Waals surface area contributed by atoms with Crippen LogP contribution in [0.15, 0.2) is 67.0 Å². The summed E-state index contributed by atoms with van der Waals surface area (Å²) in [6, 6.07) is 17.9. The van der Waals surface area contributed by atoms with Crippen molar-refractivity contribution in [3.05, 3.63) is 83.7 Å². The summed E-state index contributed by atoms with van der Waals surface area (Å²) >= 11 is 0. The molecule has 4 heteroatoms. The predicted molar refractivity (Wildman–Crippen MR) is 93.2 cm³/mol. The lowest BCUT2D eigenvalue weighted by molar-refractivity contribution is 0.0933. The van der Waals surface area contributed by atoms with Gasteiger partial charge in [-0.1, -0.05) is 24.3 Å². The van der Waals surface area contributed by atoms with E-state index in [1.165, 1.54) is 11.1 Å². The van der Waals surface area contributed by atoms with E-state index in [2.05, 4.69) is 28.6 Å². The molecular weight excluding hydrogens is 298 g/mol. The predicted octanol–water partition coefficient (Wildman–Crippen LogP) is 3.68. The Morgan fingerprint density at radius 2 is 1.92 bits per heavy atom. The van der Waals surface area contributed by atoms with Crippen LogP contribution in [0.2, 0.25) is 0 Å². The van der Waals surface area contributed by atoms with Crippen molar-refractivity contribution in [1.29, 1.82) is 0 Å². The fourth-order valence-corrected chi connectivity index (χ4v) is 3.33. The monoisotopic (exact) mass is 317 g/mol. The molecule has 0 spiro atoms. The van der Waals surface area contributed by atoms with E-state index in [-0.39, 0.29) is 11.9 Å². The molecule has 4 nitrogen and oxygen atoms in total. The number of aromatic nitrogens is 2. The number of aryl methyl sites for hydroxylation is 1. The van der Waals surface area contributed by atoms with Crippen LogP contribution in [0.4, 0.5) is 0 Å². The first-order valence-corrected chi connectivity index (χ1v) is 8.30. The lowest BCUT2D eigenvalue weighted by Gasteiger charge is -2.26. The third-order valence-corrected chi connectivity index (χ3v) is 4.57. The zero-order valence-electron chi connectivity index (χ0n) is 13.4. The number of nitrogens with zero attached hydrogens (tertiary/aromatic N) is 2. The number of rotatable bonds is 3. The highest BCUT2D eigenvalue weighted by molar-refractivity contribution is 5.94. The standard InChI is InChI=1S/C20H19N3O/c24-20(16-9-11-17(12-10-16)23-14-4-13-21-23)22-19-8-3-6-15-5-1-2-7-18(15)19/h1-2,4-5,7,9-14,19H,3,6,8H2,(H,22,24)/t19-/m1/s1. The Labute approximate surface area is 141 Å². The molecule has 1 atom stereocenters. The molecule has 0 aliphatic heterocycles. The topological polar surface area (TPSA) is 46.9 Å². The molecule has 1 amide bonds. The van der Waals surface area contributed by atoms with Crippen LogP contribution in [-0.2, 0) is 6.42 Å². The fraction of sp³-hybridized carbons (Fsp3) is 0.200. The number of fused-ring (bicyclic) bond motifs is 1. The van der Waals surface area contributed by atoms with Crippen molar-refractivity contribution in [3.8, 4) is 5.69 Å². The molecule has 1 N–H and O–H groups in total. The lowest BCUT2D eigenvalue weighted by atomic mass is 9.87. The first-order valence-electron chi connectivity index (χ1n) is 8.30. The van der Waals surface area contributed by atoms with Gasteiger partial charge in [0.25, 0.3) is 5.91 Å². The molecule has 0 fully saturated rings. The van der Waals surface area contributed by atoms with Crippen LogP contribution in [-0.4, -0.2) is 15.7 Å². The molecule has 2 aromatic carbocycles. The molecule has 24 heavy (non-hydrogen) atoms. The van der Waals surface area contributed by atoms with E-state index in [1.54, 1.807) is 10.9 Å². The third-order valence-electron chi connectivity index (χ3n) is 4.57. The van der Waals surface area contributed by atoms with Crippen molar-refractivity contribution in [2.24, 2.45) is 0 Å². The molecule has 1 aliphatic carbocycles. The largest absolute Gasteiger partial charge is 0.345 e. The van der Waals surface area contributed by atoms with Crippen molar-refractivity contribution in [3.63, 3.8) is 0 Å². The van der Waals surface area contributed by atoms with Crippen LogP contribution in [0, 0.1) is 0 Å². The number of hydrogen-bond acceptors (Lipinski definition) is 2. The van der Waals surface area contributed by atoms with E-state index in [1.807, 2.05) is 42.6 Å². The normalized spacial score (nSPS) is 16.4. The van der Waals surface area contributed by atoms with Crippen LogP contribution in [0.3, 0.4) is 0 Å². The number of hydrogen-bond donors (Lipinski definition) is 1. The number of nitrogens with one attached hydrogen (secondary N) is 1. The zero-order valence-corrected chi connectivity index (χ0v) is 13.4. The highest BCUT2D eigenvalue weighted by Crippen LogP contribution is 2.29. The maximum absolute atomic E-state index is 12.6. The maximum Gasteiger partial charge on any atom is 0.251 e. The summed E-state index contributed by atoms with van der Waals surface area (Å²) in [5.74, 6) is -0.0243. The summed E-state index contributed by atoms with van der Waals surface area (Å²) < 4.78 is 1.78. The van der Waals surface area contributed by atoms with E-state index >= 15 is 0 Å². The second kappa shape index (κ2) is 6.32. The molecular formula is C20H19N3O.